The largest absolute Gasteiger partial charge is 0.466 e. The Morgan fingerprint density at radius 2 is 1.91 bits per heavy atom. The van der Waals surface area contributed by atoms with Gasteiger partial charge in [0.15, 0.2) is 0 Å². The van der Waals surface area contributed by atoms with Crippen molar-refractivity contribution in [1.82, 2.24) is 19.9 Å². The molecule has 1 fully saturated rings. The molecule has 0 aliphatic carbocycles. The fraction of sp³-hybridized carbons (Fsp3) is 0.522. The van der Waals surface area contributed by atoms with E-state index in [-0.39, 0.29) is 42.5 Å². The average Bonchev–Trinajstić information content (AvgIpc) is 3.28. The van der Waals surface area contributed by atoms with Crippen molar-refractivity contribution in [2.24, 2.45) is 5.92 Å². The number of aromatic nitrogens is 2. The molecule has 1 aromatic heterocycles. The Morgan fingerprint density at radius 3 is 2.58 bits per heavy atom. The van der Waals surface area contributed by atoms with Crippen molar-refractivity contribution >= 4 is 17.8 Å². The molecule has 3 rings (SSSR count). The molecule has 0 spiro atoms. The van der Waals surface area contributed by atoms with Crippen molar-refractivity contribution < 1.29 is 28.0 Å². The number of nitrogens with zero attached hydrogens (tertiary/aromatic N) is 4. The summed E-state index contributed by atoms with van der Waals surface area (Å²) in [5.74, 6) is -0.234. The van der Waals surface area contributed by atoms with Crippen LogP contribution in [0.15, 0.2) is 28.8 Å². The zero-order chi connectivity index (χ0) is 23.8. The minimum Gasteiger partial charge on any atom is -0.466 e. The van der Waals surface area contributed by atoms with Crippen LogP contribution in [0.25, 0.3) is 11.4 Å². The lowest BCUT2D eigenvalue weighted by Gasteiger charge is -2.32. The molecule has 2 aromatic rings. The number of amides is 2. The fourth-order valence-electron chi connectivity index (χ4n) is 3.67. The van der Waals surface area contributed by atoms with Gasteiger partial charge in [-0.25, -0.2) is 4.39 Å². The van der Waals surface area contributed by atoms with E-state index in [9.17, 15) is 18.8 Å². The Balaban J connectivity index is 1.38. The third-order valence-corrected chi connectivity index (χ3v) is 5.62. The molecule has 10 heteroatoms. The normalized spacial score (nSPS) is 14.2. The number of hydrogen-bond donors (Lipinski definition) is 0. The average molecular weight is 461 g/mol. The van der Waals surface area contributed by atoms with E-state index in [2.05, 4.69) is 10.1 Å². The Bertz CT molecular complexity index is 954. The predicted molar refractivity (Wildman–Crippen MR) is 116 cm³/mol. The molecule has 33 heavy (non-hydrogen) atoms. The minimum absolute atomic E-state index is 0.00181. The summed E-state index contributed by atoms with van der Waals surface area (Å²) in [6.45, 7) is 3.09. The number of halogens is 1. The first kappa shape index (κ1) is 24.3. The molecule has 1 saturated heterocycles. The van der Waals surface area contributed by atoms with Crippen LogP contribution in [0.1, 0.15) is 38.5 Å². The lowest BCUT2D eigenvalue weighted by atomic mass is 9.97. The minimum atomic E-state index is -0.343. The van der Waals surface area contributed by atoms with Crippen LogP contribution in [0, 0.1) is 11.7 Å². The first-order valence-corrected chi connectivity index (χ1v) is 11.1. The Morgan fingerprint density at radius 1 is 1.21 bits per heavy atom. The van der Waals surface area contributed by atoms with E-state index in [1.807, 2.05) is 0 Å². The summed E-state index contributed by atoms with van der Waals surface area (Å²) in [4.78, 5) is 44.1. The lowest BCUT2D eigenvalue weighted by Crippen LogP contribution is -2.45. The molecule has 1 aromatic carbocycles. The van der Waals surface area contributed by atoms with E-state index in [1.165, 1.54) is 17.0 Å². The number of likely N-dealkylation sites (N-methyl/N-ethyl adjacent to an activating group) is 1. The number of aryl methyl sites for hydroxylation is 1. The van der Waals surface area contributed by atoms with Crippen LogP contribution < -0.4 is 0 Å². The molecule has 0 N–H and O–H groups in total. The summed E-state index contributed by atoms with van der Waals surface area (Å²) in [5.41, 5.74) is 0.645. The SMILES string of the molecule is CCOC(=O)C1CCN(C(=O)CN(C)C(=O)CCCc2nc(-c3ccc(F)cc3)no2)CC1. The van der Waals surface area contributed by atoms with Crippen molar-refractivity contribution in [3.63, 3.8) is 0 Å². The molecular weight excluding hydrogens is 431 g/mol. The second-order valence-corrected chi connectivity index (χ2v) is 8.03. The van der Waals surface area contributed by atoms with E-state index < -0.39 is 0 Å². The Hall–Kier alpha value is -3.30. The molecule has 0 radical (unpaired) electrons. The quantitative estimate of drug-likeness (QED) is 0.529. The first-order chi connectivity index (χ1) is 15.9. The van der Waals surface area contributed by atoms with Gasteiger partial charge >= 0.3 is 5.97 Å². The van der Waals surface area contributed by atoms with Gasteiger partial charge in [0, 0.05) is 38.5 Å². The molecular formula is C23H29FN4O5. The van der Waals surface area contributed by atoms with Gasteiger partial charge in [0.2, 0.25) is 23.5 Å². The highest BCUT2D eigenvalue weighted by atomic mass is 19.1. The van der Waals surface area contributed by atoms with Gasteiger partial charge in [0.25, 0.3) is 0 Å². The van der Waals surface area contributed by atoms with Crippen LogP contribution in [-0.2, 0) is 25.5 Å². The smallest absolute Gasteiger partial charge is 0.309 e. The van der Waals surface area contributed by atoms with Gasteiger partial charge in [-0.1, -0.05) is 5.16 Å². The number of esters is 1. The van der Waals surface area contributed by atoms with Crippen molar-refractivity contribution in [2.75, 3.05) is 33.3 Å². The number of rotatable bonds is 9. The molecule has 178 valence electrons. The topological polar surface area (TPSA) is 106 Å². The van der Waals surface area contributed by atoms with Gasteiger partial charge in [-0.15, -0.1) is 0 Å². The third kappa shape index (κ3) is 6.84. The summed E-state index contributed by atoms with van der Waals surface area (Å²) in [6.07, 6.45) is 2.30. The Labute approximate surface area is 191 Å². The number of ether oxygens (including phenoxy) is 1. The summed E-state index contributed by atoms with van der Waals surface area (Å²) >= 11 is 0. The van der Waals surface area contributed by atoms with Crippen LogP contribution in [0.2, 0.25) is 0 Å². The number of hydrogen-bond acceptors (Lipinski definition) is 7. The van der Waals surface area contributed by atoms with Crippen LogP contribution in [0.4, 0.5) is 4.39 Å². The van der Waals surface area contributed by atoms with Crippen LogP contribution in [0.5, 0.6) is 0 Å². The van der Waals surface area contributed by atoms with Crippen molar-refractivity contribution in [3.8, 4) is 11.4 Å². The molecule has 0 bridgehead atoms. The number of carbonyl (C=O) groups excluding carboxylic acids is 3. The molecule has 1 aliphatic rings. The summed E-state index contributed by atoms with van der Waals surface area (Å²) in [6, 6.07) is 5.78. The van der Waals surface area contributed by atoms with Crippen molar-refractivity contribution in [1.29, 1.82) is 0 Å². The fourth-order valence-corrected chi connectivity index (χ4v) is 3.67. The van der Waals surface area contributed by atoms with E-state index in [0.717, 1.165) is 0 Å². The summed E-state index contributed by atoms with van der Waals surface area (Å²) in [7, 11) is 1.60. The van der Waals surface area contributed by atoms with E-state index in [4.69, 9.17) is 9.26 Å². The number of likely N-dealkylation sites (tertiary alicyclic amines) is 1. The second-order valence-electron chi connectivity index (χ2n) is 8.03. The van der Waals surface area contributed by atoms with Crippen molar-refractivity contribution in [2.45, 2.75) is 39.0 Å². The zero-order valence-electron chi connectivity index (χ0n) is 19.0. The van der Waals surface area contributed by atoms with Crippen LogP contribution >= 0.6 is 0 Å². The molecule has 0 saturated carbocycles. The zero-order valence-corrected chi connectivity index (χ0v) is 19.0. The van der Waals surface area contributed by atoms with Gasteiger partial charge < -0.3 is 19.1 Å². The van der Waals surface area contributed by atoms with Gasteiger partial charge in [0.05, 0.1) is 19.1 Å². The maximum atomic E-state index is 13.0. The number of benzene rings is 1. The molecule has 2 amide bonds. The van der Waals surface area contributed by atoms with Gasteiger partial charge in [-0.3, -0.25) is 14.4 Å². The van der Waals surface area contributed by atoms with Crippen LogP contribution in [-0.4, -0.2) is 71.0 Å². The third-order valence-electron chi connectivity index (χ3n) is 5.62. The van der Waals surface area contributed by atoms with E-state index in [0.29, 0.717) is 62.7 Å². The van der Waals surface area contributed by atoms with Gasteiger partial charge in [-0.05, 0) is 50.5 Å². The maximum Gasteiger partial charge on any atom is 0.309 e. The second kappa shape index (κ2) is 11.5. The summed E-state index contributed by atoms with van der Waals surface area (Å²) in [5, 5.41) is 3.88. The standard InChI is InChI=1S/C23H29FN4O5/c1-3-32-23(31)17-11-13-28(14-12-17)21(30)15-27(2)20(29)6-4-5-19-25-22(26-33-19)16-7-9-18(24)10-8-16/h7-10,17H,3-6,11-15H2,1-2H3. The molecule has 0 atom stereocenters. The van der Waals surface area contributed by atoms with Gasteiger partial charge in [-0.2, -0.15) is 4.98 Å². The van der Waals surface area contributed by atoms with Gasteiger partial charge in [0.1, 0.15) is 5.82 Å². The van der Waals surface area contributed by atoms with E-state index >= 15 is 0 Å². The predicted octanol–water partition coefficient (Wildman–Crippen LogP) is 2.46. The highest BCUT2D eigenvalue weighted by molar-refractivity contribution is 5.85. The lowest BCUT2D eigenvalue weighted by molar-refractivity contribution is -0.151. The maximum absolute atomic E-state index is 13.0. The molecule has 0 unspecified atom stereocenters. The monoisotopic (exact) mass is 460 g/mol. The highest BCUT2D eigenvalue weighted by Gasteiger charge is 2.28. The van der Waals surface area contributed by atoms with Crippen LogP contribution in [0.3, 0.4) is 0 Å². The Kier molecular flexibility index (Phi) is 8.51. The highest BCUT2D eigenvalue weighted by Crippen LogP contribution is 2.19. The molecule has 1 aliphatic heterocycles. The van der Waals surface area contributed by atoms with E-state index in [1.54, 1.807) is 31.0 Å². The van der Waals surface area contributed by atoms with Crippen molar-refractivity contribution in [3.05, 3.63) is 36.0 Å². The molecule has 2 heterocycles. The molecule has 9 nitrogen and oxygen atoms in total. The number of piperidine rings is 1. The first-order valence-electron chi connectivity index (χ1n) is 11.1. The number of carbonyl (C=O) groups is 3. The summed E-state index contributed by atoms with van der Waals surface area (Å²) < 4.78 is 23.3.